The second kappa shape index (κ2) is 6.42. The van der Waals surface area contributed by atoms with E-state index in [0.717, 1.165) is 5.56 Å². The molecule has 0 spiro atoms. The number of hydrogen-bond acceptors (Lipinski definition) is 6. The zero-order chi connectivity index (χ0) is 16.4. The predicted molar refractivity (Wildman–Crippen MR) is 83.6 cm³/mol. The van der Waals surface area contributed by atoms with Crippen molar-refractivity contribution >= 4 is 17.6 Å². The summed E-state index contributed by atoms with van der Waals surface area (Å²) >= 11 is 6.07. The van der Waals surface area contributed by atoms with Crippen molar-refractivity contribution in [2.75, 3.05) is 13.7 Å². The van der Waals surface area contributed by atoms with Gasteiger partial charge in [0, 0.05) is 22.3 Å². The lowest BCUT2D eigenvalue weighted by atomic mass is 9.97. The van der Waals surface area contributed by atoms with Gasteiger partial charge in [0.15, 0.2) is 0 Å². The van der Waals surface area contributed by atoms with E-state index in [1.165, 1.54) is 7.11 Å². The molecule has 2 aromatic rings. The first kappa shape index (κ1) is 15.6. The third kappa shape index (κ3) is 3.07. The highest BCUT2D eigenvalue weighted by Crippen LogP contribution is 2.43. The monoisotopic (exact) mass is 334 g/mol. The fraction of sp³-hybridized carbons (Fsp3) is 0.312. The van der Waals surface area contributed by atoms with Crippen molar-refractivity contribution in [1.29, 1.82) is 0 Å². The summed E-state index contributed by atoms with van der Waals surface area (Å²) in [5.74, 6) is 0.272. The average molecular weight is 335 g/mol. The highest BCUT2D eigenvalue weighted by Gasteiger charge is 2.30. The summed E-state index contributed by atoms with van der Waals surface area (Å²) in [7, 11) is 1.50. The first-order valence-electron chi connectivity index (χ1n) is 7.15. The van der Waals surface area contributed by atoms with Gasteiger partial charge in [-0.1, -0.05) is 11.6 Å². The summed E-state index contributed by atoms with van der Waals surface area (Å²) < 4.78 is 16.0. The van der Waals surface area contributed by atoms with E-state index in [-0.39, 0.29) is 18.4 Å². The van der Waals surface area contributed by atoms with E-state index in [4.69, 9.17) is 25.8 Å². The normalized spacial score (nSPS) is 15.2. The van der Waals surface area contributed by atoms with Crippen LogP contribution in [0.1, 0.15) is 25.0 Å². The number of aromatic nitrogens is 2. The summed E-state index contributed by atoms with van der Waals surface area (Å²) in [5, 5.41) is 0.569. The lowest BCUT2D eigenvalue weighted by molar-refractivity contribution is -0.145. The van der Waals surface area contributed by atoms with Crippen LogP contribution >= 0.6 is 11.6 Å². The van der Waals surface area contributed by atoms with Gasteiger partial charge in [0.25, 0.3) is 0 Å². The first-order chi connectivity index (χ1) is 11.1. The van der Waals surface area contributed by atoms with Crippen LogP contribution in [0.4, 0.5) is 0 Å². The molecule has 0 amide bonds. The van der Waals surface area contributed by atoms with Gasteiger partial charge in [-0.15, -0.1) is 0 Å². The molecule has 0 fully saturated rings. The molecule has 1 aromatic heterocycles. The minimum atomic E-state index is -0.511. The molecule has 3 rings (SSSR count). The largest absolute Gasteiger partial charge is 0.484 e. The Hall–Kier alpha value is -2.34. The van der Waals surface area contributed by atoms with Crippen LogP contribution in [0.5, 0.6) is 11.8 Å². The Morgan fingerprint density at radius 3 is 3.00 bits per heavy atom. The van der Waals surface area contributed by atoms with E-state index in [9.17, 15) is 4.79 Å². The summed E-state index contributed by atoms with van der Waals surface area (Å²) in [6, 6.07) is 5.49. The zero-order valence-electron chi connectivity index (χ0n) is 12.7. The minimum absolute atomic E-state index is 0.0819. The van der Waals surface area contributed by atoms with Crippen molar-refractivity contribution in [3.05, 3.63) is 35.0 Å². The molecular weight excluding hydrogens is 320 g/mol. The van der Waals surface area contributed by atoms with E-state index in [2.05, 4.69) is 9.97 Å². The summed E-state index contributed by atoms with van der Waals surface area (Å²) in [4.78, 5) is 20.3. The number of methoxy groups -OCH3 is 1. The maximum absolute atomic E-state index is 11.8. The van der Waals surface area contributed by atoms with Gasteiger partial charge in [0.2, 0.25) is 0 Å². The summed E-state index contributed by atoms with van der Waals surface area (Å²) in [6.45, 7) is 2.09. The van der Waals surface area contributed by atoms with Crippen LogP contribution in [0, 0.1) is 0 Å². The van der Waals surface area contributed by atoms with Crippen molar-refractivity contribution in [1.82, 2.24) is 9.97 Å². The molecule has 2 heterocycles. The van der Waals surface area contributed by atoms with Gasteiger partial charge in [-0.2, -0.15) is 4.98 Å². The van der Waals surface area contributed by atoms with Gasteiger partial charge in [-0.05, 0) is 25.1 Å². The molecule has 1 aromatic carbocycles. The molecule has 0 aliphatic carbocycles. The van der Waals surface area contributed by atoms with Crippen LogP contribution in [0.15, 0.2) is 24.4 Å². The smallest absolute Gasteiger partial charge is 0.316 e. The number of halogens is 1. The van der Waals surface area contributed by atoms with Crippen molar-refractivity contribution < 1.29 is 19.0 Å². The maximum atomic E-state index is 11.8. The van der Waals surface area contributed by atoms with Gasteiger partial charge >= 0.3 is 12.0 Å². The van der Waals surface area contributed by atoms with E-state index in [0.29, 0.717) is 28.6 Å². The Bertz CT molecular complexity index is 751. The van der Waals surface area contributed by atoms with Crippen molar-refractivity contribution in [3.8, 4) is 23.0 Å². The van der Waals surface area contributed by atoms with Crippen LogP contribution in [-0.2, 0) is 9.53 Å². The molecule has 1 unspecified atom stereocenters. The molecule has 0 saturated heterocycles. The molecule has 120 valence electrons. The molecule has 0 bridgehead atoms. The Kier molecular flexibility index (Phi) is 4.34. The Balaban J connectivity index is 2.05. The molecule has 1 aliphatic rings. The van der Waals surface area contributed by atoms with Crippen molar-refractivity contribution in [2.45, 2.75) is 19.4 Å². The van der Waals surface area contributed by atoms with Crippen LogP contribution in [0.2, 0.25) is 5.02 Å². The number of ether oxygens (including phenoxy) is 3. The molecule has 6 nitrogen and oxygen atoms in total. The van der Waals surface area contributed by atoms with Crippen LogP contribution in [0.3, 0.4) is 0 Å². The Labute approximate surface area is 138 Å². The molecule has 0 radical (unpaired) electrons. The molecule has 1 atom stereocenters. The van der Waals surface area contributed by atoms with Gasteiger partial charge in [0.05, 0.1) is 25.8 Å². The van der Waals surface area contributed by atoms with Gasteiger partial charge in [-0.25, -0.2) is 4.98 Å². The van der Waals surface area contributed by atoms with Crippen LogP contribution < -0.4 is 9.47 Å². The van der Waals surface area contributed by atoms with Crippen molar-refractivity contribution in [2.24, 2.45) is 0 Å². The molecule has 0 saturated carbocycles. The average Bonchev–Trinajstić information content (AvgIpc) is 2.55. The number of hydrogen-bond donors (Lipinski definition) is 0. The van der Waals surface area contributed by atoms with Crippen LogP contribution in [-0.4, -0.2) is 29.7 Å². The molecule has 7 heteroatoms. The van der Waals surface area contributed by atoms with E-state index >= 15 is 0 Å². The predicted octanol–water partition coefficient (Wildman–Crippen LogP) is 3.19. The minimum Gasteiger partial charge on any atom is -0.484 e. The number of rotatable bonds is 4. The third-order valence-electron chi connectivity index (χ3n) is 3.45. The second-order valence-electron chi connectivity index (χ2n) is 4.92. The number of esters is 1. The quantitative estimate of drug-likeness (QED) is 0.800. The van der Waals surface area contributed by atoms with E-state index < -0.39 is 6.10 Å². The number of carbonyl (C=O) groups excluding carboxylic acids is 1. The first-order valence-corrected chi connectivity index (χ1v) is 7.53. The van der Waals surface area contributed by atoms with E-state index in [1.807, 2.05) is 0 Å². The maximum Gasteiger partial charge on any atom is 0.316 e. The topological polar surface area (TPSA) is 70.5 Å². The van der Waals surface area contributed by atoms with Gasteiger partial charge in [-0.3, -0.25) is 4.79 Å². The second-order valence-corrected chi connectivity index (χ2v) is 5.35. The van der Waals surface area contributed by atoms with Gasteiger partial charge < -0.3 is 14.2 Å². The van der Waals surface area contributed by atoms with Crippen molar-refractivity contribution in [3.63, 3.8) is 0 Å². The van der Waals surface area contributed by atoms with Gasteiger partial charge in [0.1, 0.15) is 11.9 Å². The fourth-order valence-electron chi connectivity index (χ4n) is 2.45. The molecule has 0 N–H and O–H groups in total. The van der Waals surface area contributed by atoms with Crippen LogP contribution in [0.25, 0.3) is 11.3 Å². The fourth-order valence-corrected chi connectivity index (χ4v) is 2.63. The lowest BCUT2D eigenvalue weighted by Crippen LogP contribution is -2.20. The molecular formula is C16H15ClN2O4. The number of benzene rings is 1. The highest BCUT2D eigenvalue weighted by atomic mass is 35.5. The highest BCUT2D eigenvalue weighted by molar-refractivity contribution is 6.31. The Morgan fingerprint density at radius 1 is 1.43 bits per heavy atom. The lowest BCUT2D eigenvalue weighted by Gasteiger charge is -2.27. The van der Waals surface area contributed by atoms with E-state index in [1.54, 1.807) is 31.3 Å². The Morgan fingerprint density at radius 2 is 2.26 bits per heavy atom. The molecule has 1 aliphatic heterocycles. The zero-order valence-corrected chi connectivity index (χ0v) is 13.5. The summed E-state index contributed by atoms with van der Waals surface area (Å²) in [5.41, 5.74) is 2.09. The number of fused-ring (bicyclic) bond motifs is 3. The third-order valence-corrected chi connectivity index (χ3v) is 3.68. The standard InChI is InChI=1S/C16H15ClN2O4/c1-3-22-14(20)7-13-11-8-18-16(21-2)19-15(11)10-6-9(17)4-5-12(10)23-13/h4-6,8,13H,3,7H2,1-2H3. The molecule has 23 heavy (non-hydrogen) atoms. The number of nitrogens with zero attached hydrogens (tertiary/aromatic N) is 2. The number of carbonyl (C=O) groups is 1. The summed E-state index contributed by atoms with van der Waals surface area (Å²) in [6.07, 6.45) is 1.18. The SMILES string of the molecule is CCOC(=O)CC1Oc2ccc(Cl)cc2-c2nc(OC)ncc21.